The zero-order chi connectivity index (χ0) is 17.8. The molecule has 3 rings (SSSR count). The molecule has 1 atom stereocenters. The standard InChI is InChI=1S/C16H16N4O4S/c1-25-9-8-12(15-17-10-4-2-3-5-11(10)18-15)19-16(21)13-6-7-14(24-13)20(22)23/h2-7,12H,8-9H2,1H3,(H,17,18)(H,19,21)/t12-/m0/s1. The first-order valence-electron chi connectivity index (χ1n) is 7.57. The summed E-state index contributed by atoms with van der Waals surface area (Å²) in [6.07, 6.45) is 2.64. The second kappa shape index (κ2) is 7.39. The minimum absolute atomic E-state index is 0.100. The molecular formula is C16H16N4O4S. The number of nitro groups is 1. The van der Waals surface area contributed by atoms with Crippen LogP contribution in [0.3, 0.4) is 0 Å². The van der Waals surface area contributed by atoms with Crippen LogP contribution in [0.4, 0.5) is 5.88 Å². The summed E-state index contributed by atoms with van der Waals surface area (Å²) in [4.78, 5) is 30.1. The topological polar surface area (TPSA) is 114 Å². The first-order chi connectivity index (χ1) is 12.1. The largest absolute Gasteiger partial charge is 0.433 e. The quantitative estimate of drug-likeness (QED) is 0.493. The van der Waals surface area contributed by atoms with E-state index in [1.54, 1.807) is 11.8 Å². The van der Waals surface area contributed by atoms with E-state index in [0.717, 1.165) is 22.9 Å². The van der Waals surface area contributed by atoms with Gasteiger partial charge in [-0.3, -0.25) is 14.9 Å². The van der Waals surface area contributed by atoms with E-state index < -0.39 is 16.7 Å². The number of amides is 1. The lowest BCUT2D eigenvalue weighted by Crippen LogP contribution is -2.29. The molecule has 9 heteroatoms. The number of carbonyl (C=O) groups is 1. The van der Waals surface area contributed by atoms with Crippen LogP contribution in [0, 0.1) is 10.1 Å². The fraction of sp³-hybridized carbons (Fsp3) is 0.250. The van der Waals surface area contributed by atoms with E-state index in [2.05, 4.69) is 15.3 Å². The van der Waals surface area contributed by atoms with Crippen LogP contribution in [0.25, 0.3) is 11.0 Å². The molecule has 25 heavy (non-hydrogen) atoms. The second-order valence-corrected chi connectivity index (χ2v) is 6.33. The van der Waals surface area contributed by atoms with Crippen molar-refractivity contribution in [3.63, 3.8) is 0 Å². The highest BCUT2D eigenvalue weighted by molar-refractivity contribution is 7.98. The third-order valence-electron chi connectivity index (χ3n) is 3.65. The number of carbonyl (C=O) groups excluding carboxylic acids is 1. The van der Waals surface area contributed by atoms with Crippen LogP contribution in [0.1, 0.15) is 28.8 Å². The van der Waals surface area contributed by atoms with Gasteiger partial charge in [0.2, 0.25) is 0 Å². The Labute approximate surface area is 147 Å². The Bertz CT molecular complexity index is 871. The fourth-order valence-corrected chi connectivity index (χ4v) is 2.90. The number of aromatic amines is 1. The minimum atomic E-state index is -0.679. The van der Waals surface area contributed by atoms with Crippen LogP contribution in [-0.4, -0.2) is 32.8 Å². The van der Waals surface area contributed by atoms with Crippen LogP contribution in [-0.2, 0) is 0 Å². The summed E-state index contributed by atoms with van der Waals surface area (Å²) < 4.78 is 4.96. The third kappa shape index (κ3) is 3.82. The lowest BCUT2D eigenvalue weighted by atomic mass is 10.2. The Balaban J connectivity index is 1.82. The predicted octanol–water partition coefficient (Wildman–Crippen LogP) is 3.29. The molecule has 0 saturated heterocycles. The summed E-state index contributed by atoms with van der Waals surface area (Å²) in [5, 5.41) is 13.5. The van der Waals surface area contributed by atoms with Gasteiger partial charge >= 0.3 is 5.88 Å². The molecule has 130 valence electrons. The molecule has 0 aliphatic rings. The van der Waals surface area contributed by atoms with Gasteiger partial charge in [-0.15, -0.1) is 0 Å². The van der Waals surface area contributed by atoms with Gasteiger partial charge in [-0.1, -0.05) is 12.1 Å². The normalized spacial score (nSPS) is 12.2. The highest BCUT2D eigenvalue weighted by atomic mass is 32.2. The number of nitrogens with one attached hydrogen (secondary N) is 2. The summed E-state index contributed by atoms with van der Waals surface area (Å²) >= 11 is 1.66. The number of rotatable bonds is 7. The third-order valence-corrected chi connectivity index (χ3v) is 4.29. The number of fused-ring (bicyclic) bond motifs is 1. The number of furan rings is 1. The van der Waals surface area contributed by atoms with Gasteiger partial charge in [0.05, 0.1) is 23.1 Å². The molecule has 0 saturated carbocycles. The van der Waals surface area contributed by atoms with Crippen molar-refractivity contribution in [2.45, 2.75) is 12.5 Å². The first kappa shape index (κ1) is 17.0. The van der Waals surface area contributed by atoms with Crippen molar-refractivity contribution in [2.75, 3.05) is 12.0 Å². The van der Waals surface area contributed by atoms with Crippen LogP contribution in [0.5, 0.6) is 0 Å². The molecule has 0 radical (unpaired) electrons. The summed E-state index contributed by atoms with van der Waals surface area (Å²) in [6, 6.07) is 9.70. The molecule has 1 aromatic carbocycles. The average Bonchev–Trinajstić information content (AvgIpc) is 3.25. The van der Waals surface area contributed by atoms with E-state index in [4.69, 9.17) is 4.42 Å². The highest BCUT2D eigenvalue weighted by Crippen LogP contribution is 2.22. The van der Waals surface area contributed by atoms with Crippen molar-refractivity contribution in [3.05, 3.63) is 58.1 Å². The van der Waals surface area contributed by atoms with Crippen LogP contribution >= 0.6 is 11.8 Å². The van der Waals surface area contributed by atoms with Crippen molar-refractivity contribution >= 4 is 34.6 Å². The molecule has 2 heterocycles. The molecule has 2 aromatic heterocycles. The molecule has 8 nitrogen and oxygen atoms in total. The molecule has 0 fully saturated rings. The molecule has 3 aromatic rings. The summed E-state index contributed by atoms with van der Waals surface area (Å²) in [6.45, 7) is 0. The Morgan fingerprint density at radius 3 is 2.88 bits per heavy atom. The van der Waals surface area contributed by atoms with E-state index in [-0.39, 0.29) is 11.8 Å². The van der Waals surface area contributed by atoms with E-state index in [1.807, 2.05) is 30.5 Å². The molecule has 1 amide bonds. The first-order valence-corrected chi connectivity index (χ1v) is 8.96. The van der Waals surface area contributed by atoms with Gasteiger partial charge in [-0.05, 0) is 36.6 Å². The molecule has 0 aliphatic carbocycles. The number of hydrogen-bond donors (Lipinski definition) is 2. The maximum absolute atomic E-state index is 12.4. The molecule has 0 spiro atoms. The predicted molar refractivity (Wildman–Crippen MR) is 94.7 cm³/mol. The van der Waals surface area contributed by atoms with Gasteiger partial charge in [-0.2, -0.15) is 11.8 Å². The van der Waals surface area contributed by atoms with Crippen molar-refractivity contribution in [1.82, 2.24) is 15.3 Å². The number of benzene rings is 1. The van der Waals surface area contributed by atoms with E-state index in [1.165, 1.54) is 6.07 Å². The van der Waals surface area contributed by atoms with Gasteiger partial charge in [0.25, 0.3) is 5.91 Å². The van der Waals surface area contributed by atoms with Crippen LogP contribution in [0.2, 0.25) is 0 Å². The number of H-pyrrole nitrogens is 1. The average molecular weight is 360 g/mol. The van der Waals surface area contributed by atoms with Gasteiger partial charge in [-0.25, -0.2) is 4.98 Å². The molecule has 0 bridgehead atoms. The van der Waals surface area contributed by atoms with Gasteiger partial charge < -0.3 is 14.7 Å². The number of hydrogen-bond acceptors (Lipinski definition) is 6. The Morgan fingerprint density at radius 2 is 2.20 bits per heavy atom. The van der Waals surface area contributed by atoms with Crippen LogP contribution < -0.4 is 5.32 Å². The second-order valence-electron chi connectivity index (χ2n) is 5.34. The maximum Gasteiger partial charge on any atom is 0.433 e. The monoisotopic (exact) mass is 360 g/mol. The Kier molecular flexibility index (Phi) is 5.03. The Morgan fingerprint density at radius 1 is 1.40 bits per heavy atom. The zero-order valence-electron chi connectivity index (χ0n) is 13.4. The number of aromatic nitrogens is 2. The molecular weight excluding hydrogens is 344 g/mol. The van der Waals surface area contributed by atoms with Gasteiger partial charge in [0, 0.05) is 0 Å². The van der Waals surface area contributed by atoms with Crippen molar-refractivity contribution in [3.8, 4) is 0 Å². The van der Waals surface area contributed by atoms with E-state index >= 15 is 0 Å². The van der Waals surface area contributed by atoms with Crippen molar-refractivity contribution in [1.29, 1.82) is 0 Å². The molecule has 2 N–H and O–H groups in total. The zero-order valence-corrected chi connectivity index (χ0v) is 14.2. The van der Waals surface area contributed by atoms with E-state index in [9.17, 15) is 14.9 Å². The van der Waals surface area contributed by atoms with Crippen molar-refractivity contribution < 1.29 is 14.1 Å². The summed E-state index contributed by atoms with van der Waals surface area (Å²) in [7, 11) is 0. The number of imidazole rings is 1. The summed E-state index contributed by atoms with van der Waals surface area (Å²) in [5.41, 5.74) is 1.70. The lowest BCUT2D eigenvalue weighted by Gasteiger charge is -2.15. The number of para-hydroxylation sites is 2. The number of thioether (sulfide) groups is 1. The van der Waals surface area contributed by atoms with Gasteiger partial charge in [0.15, 0.2) is 5.76 Å². The Hall–Kier alpha value is -2.81. The maximum atomic E-state index is 12.4. The lowest BCUT2D eigenvalue weighted by molar-refractivity contribution is -0.402. The smallest absolute Gasteiger partial charge is 0.395 e. The minimum Gasteiger partial charge on any atom is -0.395 e. The molecule has 0 aliphatic heterocycles. The van der Waals surface area contributed by atoms with Crippen molar-refractivity contribution in [2.24, 2.45) is 0 Å². The van der Waals surface area contributed by atoms with E-state index in [0.29, 0.717) is 12.2 Å². The number of nitrogens with zero attached hydrogens (tertiary/aromatic N) is 2. The van der Waals surface area contributed by atoms with Gasteiger partial charge in [0.1, 0.15) is 10.7 Å². The SMILES string of the molecule is CSCC[C@H](NC(=O)c1ccc([N+](=O)[O-])o1)c1nc2ccccc2[nH]1. The van der Waals surface area contributed by atoms with Crippen LogP contribution in [0.15, 0.2) is 40.8 Å². The summed E-state index contributed by atoms with van der Waals surface area (Å²) in [5.74, 6) is 0.385. The highest BCUT2D eigenvalue weighted by Gasteiger charge is 2.22. The fourth-order valence-electron chi connectivity index (χ4n) is 2.43. The molecule has 0 unspecified atom stereocenters.